The molecule has 0 spiro atoms. The van der Waals surface area contributed by atoms with E-state index in [1.807, 2.05) is 0 Å². The average molecular weight is 244 g/mol. The Morgan fingerprint density at radius 2 is 1.67 bits per heavy atom. The number of esters is 2. The molecule has 90 valence electrons. The highest BCUT2D eigenvalue weighted by atomic mass is 35.5. The van der Waals surface area contributed by atoms with Crippen molar-refractivity contribution in [2.75, 3.05) is 20.8 Å². The zero-order chi connectivity index (χ0) is 11.2. The van der Waals surface area contributed by atoms with Gasteiger partial charge < -0.3 is 27.6 Å². The predicted octanol–water partition coefficient (Wildman–Crippen LogP) is -3.93. The largest absolute Gasteiger partial charge is 1.00 e. The van der Waals surface area contributed by atoms with Gasteiger partial charge in [0.05, 0.1) is 20.8 Å². The fraction of sp³-hybridized carbons (Fsp3) is 0.750. The molecular weight excluding hydrogens is 229 g/mol. The third-order valence-corrected chi connectivity index (χ3v) is 1.79. The Kier molecular flexibility index (Phi) is 8.18. The molecule has 0 bridgehead atoms. The summed E-state index contributed by atoms with van der Waals surface area (Å²) in [7, 11) is 2.04. The van der Waals surface area contributed by atoms with Gasteiger partial charge in [0, 0.05) is 12.8 Å². The summed E-state index contributed by atoms with van der Waals surface area (Å²) in [4.78, 5) is 22.0. The fourth-order valence-corrected chi connectivity index (χ4v) is 0.980. The van der Waals surface area contributed by atoms with Gasteiger partial charge in [-0.25, -0.2) is 14.0 Å². The standard InChI is InChI=1S/C8H14FNO4.ClH/c1-13-6(11)8(9,4-3-5-10)7(12)14-2;/h3-5,10H2,1-2H3;1H. The van der Waals surface area contributed by atoms with Crippen LogP contribution in [0, 0.1) is 0 Å². The SMILES string of the molecule is COC(=O)C(F)(CCC[NH3+])C(=O)OC.[Cl-]. The van der Waals surface area contributed by atoms with Crippen molar-refractivity contribution >= 4 is 11.9 Å². The first-order valence-electron chi connectivity index (χ1n) is 4.18. The van der Waals surface area contributed by atoms with Gasteiger partial charge in [-0.1, -0.05) is 0 Å². The summed E-state index contributed by atoms with van der Waals surface area (Å²) in [5.74, 6) is -2.45. The molecular formula is C8H15ClFNO4. The first-order valence-corrected chi connectivity index (χ1v) is 4.18. The number of carbonyl (C=O) groups is 2. The van der Waals surface area contributed by atoms with E-state index in [1.165, 1.54) is 0 Å². The van der Waals surface area contributed by atoms with Crippen LogP contribution in [0.4, 0.5) is 4.39 Å². The fourth-order valence-electron chi connectivity index (χ4n) is 0.980. The molecule has 0 unspecified atom stereocenters. The smallest absolute Gasteiger partial charge is 0.355 e. The summed E-state index contributed by atoms with van der Waals surface area (Å²) in [5, 5.41) is 0. The molecule has 0 saturated heterocycles. The van der Waals surface area contributed by atoms with Crippen LogP contribution in [0.25, 0.3) is 0 Å². The average Bonchev–Trinajstić information content (AvgIpc) is 2.23. The van der Waals surface area contributed by atoms with E-state index in [9.17, 15) is 14.0 Å². The molecule has 0 aliphatic rings. The first-order chi connectivity index (χ1) is 6.52. The van der Waals surface area contributed by atoms with Crippen LogP contribution in [0.5, 0.6) is 0 Å². The first kappa shape index (κ1) is 16.5. The van der Waals surface area contributed by atoms with Crippen molar-refractivity contribution in [1.29, 1.82) is 0 Å². The molecule has 0 amide bonds. The molecule has 0 atom stereocenters. The van der Waals surface area contributed by atoms with Crippen molar-refractivity contribution < 1.29 is 41.6 Å². The lowest BCUT2D eigenvalue weighted by atomic mass is 10.00. The molecule has 0 rings (SSSR count). The molecule has 0 aromatic rings. The van der Waals surface area contributed by atoms with Crippen LogP contribution in [-0.4, -0.2) is 38.4 Å². The number of quaternary nitrogens is 1. The number of alkyl halides is 1. The van der Waals surface area contributed by atoms with Crippen LogP contribution in [0.1, 0.15) is 12.8 Å². The summed E-state index contributed by atoms with van der Waals surface area (Å²) >= 11 is 0. The van der Waals surface area contributed by atoms with Gasteiger partial charge in [0.2, 0.25) is 0 Å². The Balaban J connectivity index is 0. The molecule has 3 N–H and O–H groups in total. The summed E-state index contributed by atoms with van der Waals surface area (Å²) in [5.41, 5.74) is 0.795. The van der Waals surface area contributed by atoms with Crippen molar-refractivity contribution in [3.63, 3.8) is 0 Å². The van der Waals surface area contributed by atoms with E-state index in [0.29, 0.717) is 13.0 Å². The minimum absolute atomic E-state index is 0. The van der Waals surface area contributed by atoms with E-state index in [4.69, 9.17) is 0 Å². The minimum Gasteiger partial charge on any atom is -1.00 e. The van der Waals surface area contributed by atoms with Crippen molar-refractivity contribution in [1.82, 2.24) is 0 Å². The quantitative estimate of drug-likeness (QED) is 0.395. The summed E-state index contributed by atoms with van der Waals surface area (Å²) in [6.07, 6.45) is 0.0382. The van der Waals surface area contributed by atoms with Crippen LogP contribution in [0.2, 0.25) is 0 Å². The second-order valence-electron chi connectivity index (χ2n) is 2.74. The Morgan fingerprint density at radius 1 is 1.27 bits per heavy atom. The maximum atomic E-state index is 13.8. The lowest BCUT2D eigenvalue weighted by molar-refractivity contribution is -0.369. The number of methoxy groups -OCH3 is 2. The molecule has 15 heavy (non-hydrogen) atoms. The molecule has 0 heterocycles. The number of hydrogen-bond acceptors (Lipinski definition) is 4. The van der Waals surface area contributed by atoms with Crippen LogP contribution in [0.3, 0.4) is 0 Å². The number of rotatable bonds is 5. The Morgan fingerprint density at radius 3 is 1.93 bits per heavy atom. The normalized spacial score (nSPS) is 10.1. The number of halogens is 2. The molecule has 0 aromatic carbocycles. The van der Waals surface area contributed by atoms with E-state index >= 15 is 0 Å². The van der Waals surface area contributed by atoms with Gasteiger partial charge in [-0.2, -0.15) is 0 Å². The Hall–Kier alpha value is -0.880. The second kappa shape index (κ2) is 7.42. The Labute approximate surface area is 93.5 Å². The molecule has 0 aromatic heterocycles. The predicted molar refractivity (Wildman–Crippen MR) is 44.9 cm³/mol. The van der Waals surface area contributed by atoms with E-state index in [1.54, 1.807) is 0 Å². The topological polar surface area (TPSA) is 80.2 Å². The maximum Gasteiger partial charge on any atom is 0.355 e. The van der Waals surface area contributed by atoms with Crippen molar-refractivity contribution in [3.05, 3.63) is 0 Å². The summed E-state index contributed by atoms with van der Waals surface area (Å²) < 4.78 is 22.2. The van der Waals surface area contributed by atoms with E-state index in [2.05, 4.69) is 15.2 Å². The third kappa shape index (κ3) is 4.01. The Bertz CT molecular complexity index is 209. The second-order valence-corrected chi connectivity index (χ2v) is 2.74. The number of ether oxygens (including phenoxy) is 2. The lowest BCUT2D eigenvalue weighted by Crippen LogP contribution is -3.00. The molecule has 0 radical (unpaired) electrons. The molecule has 0 aliphatic carbocycles. The number of hydrogen-bond donors (Lipinski definition) is 1. The van der Waals surface area contributed by atoms with E-state index in [0.717, 1.165) is 14.2 Å². The van der Waals surface area contributed by atoms with Crippen LogP contribution in [-0.2, 0) is 19.1 Å². The summed E-state index contributed by atoms with van der Waals surface area (Å²) in [6.45, 7) is 0.430. The van der Waals surface area contributed by atoms with Crippen molar-refractivity contribution in [3.8, 4) is 0 Å². The van der Waals surface area contributed by atoms with Gasteiger partial charge in [0.15, 0.2) is 0 Å². The van der Waals surface area contributed by atoms with Crippen molar-refractivity contribution in [2.45, 2.75) is 18.5 Å². The zero-order valence-electron chi connectivity index (χ0n) is 8.72. The number of carbonyl (C=O) groups excluding carboxylic acids is 2. The van der Waals surface area contributed by atoms with Crippen LogP contribution in [0.15, 0.2) is 0 Å². The highest BCUT2D eigenvalue weighted by Gasteiger charge is 2.48. The zero-order valence-corrected chi connectivity index (χ0v) is 9.47. The monoisotopic (exact) mass is 243 g/mol. The van der Waals surface area contributed by atoms with Gasteiger partial charge in [-0.3, -0.25) is 0 Å². The van der Waals surface area contributed by atoms with Crippen LogP contribution < -0.4 is 18.1 Å². The molecule has 0 saturated carbocycles. The molecule has 5 nitrogen and oxygen atoms in total. The van der Waals surface area contributed by atoms with E-state index < -0.39 is 17.6 Å². The van der Waals surface area contributed by atoms with Gasteiger partial charge in [0.1, 0.15) is 0 Å². The molecule has 7 heteroatoms. The minimum atomic E-state index is -2.69. The maximum absolute atomic E-state index is 13.8. The van der Waals surface area contributed by atoms with Gasteiger partial charge >= 0.3 is 17.6 Å². The lowest BCUT2D eigenvalue weighted by Gasteiger charge is -2.18. The summed E-state index contributed by atoms with van der Waals surface area (Å²) in [6, 6.07) is 0. The highest BCUT2D eigenvalue weighted by molar-refractivity contribution is 6.03. The van der Waals surface area contributed by atoms with Crippen LogP contribution >= 0.6 is 0 Å². The van der Waals surface area contributed by atoms with Gasteiger partial charge in [-0.15, -0.1) is 0 Å². The molecule has 0 fully saturated rings. The van der Waals surface area contributed by atoms with Crippen molar-refractivity contribution in [2.24, 2.45) is 0 Å². The van der Waals surface area contributed by atoms with Gasteiger partial charge in [0.25, 0.3) is 0 Å². The van der Waals surface area contributed by atoms with E-state index in [-0.39, 0.29) is 18.8 Å². The molecule has 0 aliphatic heterocycles. The van der Waals surface area contributed by atoms with Gasteiger partial charge in [-0.05, 0) is 0 Å². The third-order valence-electron chi connectivity index (χ3n) is 1.79. The highest BCUT2D eigenvalue weighted by Crippen LogP contribution is 2.21.